The fourth-order valence-electron chi connectivity index (χ4n) is 2.80. The Bertz CT molecular complexity index is 740. The zero-order chi connectivity index (χ0) is 13.7. The van der Waals surface area contributed by atoms with Crippen molar-refractivity contribution in [2.45, 2.75) is 13.8 Å². The first-order valence-electron chi connectivity index (χ1n) is 6.95. The predicted molar refractivity (Wildman–Crippen MR) is 90.2 cm³/mol. The van der Waals surface area contributed by atoms with Crippen LogP contribution in [0.25, 0.3) is 15.8 Å². The first-order chi connectivity index (χ1) is 9.74. The molecule has 0 saturated heterocycles. The number of hydrogen-bond acceptors (Lipinski definition) is 4. The smallest absolute Gasteiger partial charge is 0.168 e. The van der Waals surface area contributed by atoms with Gasteiger partial charge in [-0.2, -0.15) is 0 Å². The topological polar surface area (TPSA) is 15.6 Å². The molecule has 3 heterocycles. The van der Waals surface area contributed by atoms with Crippen molar-refractivity contribution in [2.75, 3.05) is 13.1 Å². The quantitative estimate of drug-likeness (QED) is 0.802. The van der Waals surface area contributed by atoms with Gasteiger partial charge in [0.1, 0.15) is 0 Å². The molecule has 0 spiro atoms. The molecule has 0 unspecified atom stereocenters. The summed E-state index contributed by atoms with van der Waals surface area (Å²) >= 11 is 3.66. The van der Waals surface area contributed by atoms with E-state index in [1.54, 1.807) is 11.3 Å². The largest absolute Gasteiger partial charge is 0.318 e. The van der Waals surface area contributed by atoms with Crippen LogP contribution in [0.15, 0.2) is 39.5 Å². The van der Waals surface area contributed by atoms with Crippen LogP contribution in [0.1, 0.15) is 19.4 Å². The van der Waals surface area contributed by atoms with Crippen molar-refractivity contribution in [1.29, 1.82) is 0 Å². The highest BCUT2D eigenvalue weighted by Crippen LogP contribution is 2.45. The minimum atomic E-state index is 0.543. The molecule has 0 amide bonds. The Morgan fingerprint density at radius 1 is 1.25 bits per heavy atom. The molecule has 1 aromatic carbocycles. The van der Waals surface area contributed by atoms with E-state index < -0.39 is 0 Å². The van der Waals surface area contributed by atoms with Crippen LogP contribution < -0.4 is 0 Å². The first-order valence-corrected chi connectivity index (χ1v) is 8.65. The number of allylic oxidation sites excluding steroid dienone is 1. The lowest BCUT2D eigenvalue weighted by atomic mass is 10.0. The lowest BCUT2D eigenvalue weighted by Crippen LogP contribution is -2.20. The zero-order valence-corrected chi connectivity index (χ0v) is 13.2. The van der Waals surface area contributed by atoms with E-state index in [1.165, 1.54) is 31.4 Å². The standard InChI is InChI=1S/C16H16N2S2/c1-10(2)15-14(18-7-6-17-16(18)20-15)12-3-4-13-11(9-12)5-8-19-13/h3-5,8-10H,6-7H2,1-2H3. The average molecular weight is 300 g/mol. The average Bonchev–Trinajstić information content (AvgIpc) is 3.12. The summed E-state index contributed by atoms with van der Waals surface area (Å²) in [7, 11) is 0. The number of rotatable bonds is 2. The van der Waals surface area contributed by atoms with Crippen LogP contribution in [-0.4, -0.2) is 23.2 Å². The minimum Gasteiger partial charge on any atom is -0.318 e. The van der Waals surface area contributed by atoms with Gasteiger partial charge in [0.25, 0.3) is 0 Å². The van der Waals surface area contributed by atoms with E-state index in [0.29, 0.717) is 5.92 Å². The third-order valence-electron chi connectivity index (χ3n) is 3.76. The highest BCUT2D eigenvalue weighted by Gasteiger charge is 2.33. The summed E-state index contributed by atoms with van der Waals surface area (Å²) in [5.74, 6) is 0.543. The number of aliphatic imine (C=N–C) groups is 1. The van der Waals surface area contributed by atoms with Crippen LogP contribution >= 0.6 is 23.1 Å². The Balaban J connectivity index is 1.88. The molecule has 2 aliphatic rings. The van der Waals surface area contributed by atoms with Crippen LogP contribution in [0.4, 0.5) is 0 Å². The molecular formula is C16H16N2S2. The van der Waals surface area contributed by atoms with Crippen LogP contribution in [-0.2, 0) is 0 Å². The molecule has 2 nitrogen and oxygen atoms in total. The fourth-order valence-corrected chi connectivity index (χ4v) is 4.78. The van der Waals surface area contributed by atoms with Gasteiger partial charge in [-0.25, -0.2) is 0 Å². The summed E-state index contributed by atoms with van der Waals surface area (Å²) in [6.07, 6.45) is 0. The fraction of sp³-hybridized carbons (Fsp3) is 0.312. The predicted octanol–water partition coefficient (Wildman–Crippen LogP) is 4.64. The first kappa shape index (κ1) is 12.5. The summed E-state index contributed by atoms with van der Waals surface area (Å²) in [6, 6.07) is 9.04. The van der Waals surface area contributed by atoms with E-state index in [2.05, 4.69) is 53.4 Å². The maximum Gasteiger partial charge on any atom is 0.168 e. The lowest BCUT2D eigenvalue weighted by molar-refractivity contribution is 0.641. The molecule has 2 aromatic rings. The number of amidine groups is 1. The van der Waals surface area contributed by atoms with Gasteiger partial charge in [0.05, 0.1) is 12.2 Å². The van der Waals surface area contributed by atoms with E-state index in [0.717, 1.165) is 13.1 Å². The monoisotopic (exact) mass is 300 g/mol. The third kappa shape index (κ3) is 1.82. The van der Waals surface area contributed by atoms with Gasteiger partial charge in [0.2, 0.25) is 0 Å². The number of hydrogen-bond donors (Lipinski definition) is 0. The summed E-state index contributed by atoms with van der Waals surface area (Å²) in [5.41, 5.74) is 2.72. The molecule has 4 heteroatoms. The minimum absolute atomic E-state index is 0.543. The van der Waals surface area contributed by atoms with Crippen molar-refractivity contribution in [2.24, 2.45) is 10.9 Å². The molecule has 0 saturated carbocycles. The molecule has 2 aliphatic heterocycles. The van der Waals surface area contributed by atoms with Gasteiger partial charge in [-0.1, -0.05) is 31.7 Å². The van der Waals surface area contributed by atoms with Crippen molar-refractivity contribution in [3.05, 3.63) is 40.1 Å². The highest BCUT2D eigenvalue weighted by molar-refractivity contribution is 8.17. The van der Waals surface area contributed by atoms with E-state index in [4.69, 9.17) is 0 Å². The summed E-state index contributed by atoms with van der Waals surface area (Å²) in [4.78, 5) is 8.48. The maximum atomic E-state index is 4.62. The van der Waals surface area contributed by atoms with Crippen LogP contribution in [0.5, 0.6) is 0 Å². The Hall–Kier alpha value is -1.26. The van der Waals surface area contributed by atoms with Gasteiger partial charge in [-0.05, 0) is 40.4 Å². The Morgan fingerprint density at radius 3 is 3.00 bits per heavy atom. The van der Waals surface area contributed by atoms with E-state index in [1.807, 2.05) is 11.8 Å². The van der Waals surface area contributed by atoms with Gasteiger partial charge in [0, 0.05) is 16.1 Å². The Labute approximate surface area is 127 Å². The number of nitrogens with zero attached hydrogens (tertiary/aromatic N) is 2. The molecule has 0 fully saturated rings. The van der Waals surface area contributed by atoms with Gasteiger partial charge in [0.15, 0.2) is 5.17 Å². The second-order valence-electron chi connectivity index (χ2n) is 5.46. The zero-order valence-electron chi connectivity index (χ0n) is 11.6. The van der Waals surface area contributed by atoms with Crippen molar-refractivity contribution in [3.63, 3.8) is 0 Å². The molecule has 0 atom stereocenters. The van der Waals surface area contributed by atoms with Crippen molar-refractivity contribution < 1.29 is 0 Å². The molecule has 1 aromatic heterocycles. The van der Waals surface area contributed by atoms with Crippen LogP contribution in [0, 0.1) is 5.92 Å². The van der Waals surface area contributed by atoms with Crippen molar-refractivity contribution in [1.82, 2.24) is 4.90 Å². The second kappa shape index (κ2) is 4.64. The molecule has 20 heavy (non-hydrogen) atoms. The van der Waals surface area contributed by atoms with Crippen LogP contribution in [0.2, 0.25) is 0 Å². The van der Waals surface area contributed by atoms with Gasteiger partial charge >= 0.3 is 0 Å². The van der Waals surface area contributed by atoms with Crippen molar-refractivity contribution >= 4 is 44.0 Å². The Kier molecular flexibility index (Phi) is 2.89. The lowest BCUT2D eigenvalue weighted by Gasteiger charge is -2.18. The number of thioether (sulfide) groups is 1. The van der Waals surface area contributed by atoms with Crippen molar-refractivity contribution in [3.8, 4) is 0 Å². The summed E-state index contributed by atoms with van der Waals surface area (Å²) in [5, 5.41) is 4.70. The molecule has 0 bridgehead atoms. The molecule has 0 radical (unpaired) electrons. The third-order valence-corrected chi connectivity index (χ3v) is 6.07. The second-order valence-corrected chi connectivity index (χ2v) is 7.42. The van der Waals surface area contributed by atoms with E-state index in [-0.39, 0.29) is 0 Å². The highest BCUT2D eigenvalue weighted by atomic mass is 32.2. The number of fused-ring (bicyclic) bond motifs is 2. The SMILES string of the molecule is CC(C)C1=C(c2ccc3sccc3c2)N2CCN=C2S1. The normalized spacial score (nSPS) is 18.4. The van der Waals surface area contributed by atoms with Gasteiger partial charge in [-0.3, -0.25) is 4.99 Å². The number of benzene rings is 1. The molecule has 102 valence electrons. The molecule has 0 N–H and O–H groups in total. The molecule has 0 aliphatic carbocycles. The Morgan fingerprint density at radius 2 is 2.15 bits per heavy atom. The van der Waals surface area contributed by atoms with Crippen LogP contribution in [0.3, 0.4) is 0 Å². The summed E-state index contributed by atoms with van der Waals surface area (Å²) < 4.78 is 1.36. The van der Waals surface area contributed by atoms with Gasteiger partial charge < -0.3 is 4.90 Å². The van der Waals surface area contributed by atoms with E-state index in [9.17, 15) is 0 Å². The van der Waals surface area contributed by atoms with E-state index >= 15 is 0 Å². The maximum absolute atomic E-state index is 4.62. The summed E-state index contributed by atoms with van der Waals surface area (Å²) in [6.45, 7) is 6.50. The van der Waals surface area contributed by atoms with Gasteiger partial charge in [-0.15, -0.1) is 11.3 Å². The molecule has 4 rings (SSSR count). The molecular weight excluding hydrogens is 284 g/mol. The number of thiophene rings is 1.